The van der Waals surface area contributed by atoms with Gasteiger partial charge in [0.15, 0.2) is 11.5 Å². The van der Waals surface area contributed by atoms with Crippen LogP contribution < -0.4 is 5.73 Å². The molecule has 74 valence electrons. The maximum atomic E-state index is 5.98. The molecule has 4 nitrogen and oxygen atoms in total. The third kappa shape index (κ3) is 1.53. The Bertz CT molecular complexity index is 469. The fourth-order valence-electron chi connectivity index (χ4n) is 1.30. The first-order valence-corrected chi connectivity index (χ1v) is 5.07. The number of nitrogens with two attached hydrogens (primary N) is 1. The molecule has 0 aromatic carbocycles. The van der Waals surface area contributed by atoms with E-state index in [-0.39, 0.29) is 0 Å². The van der Waals surface area contributed by atoms with E-state index in [0.717, 1.165) is 15.9 Å². The van der Waals surface area contributed by atoms with E-state index in [4.69, 9.17) is 5.73 Å². The predicted molar refractivity (Wildman–Crippen MR) is 57.9 cm³/mol. The van der Waals surface area contributed by atoms with E-state index in [1.807, 2.05) is 36.6 Å². The zero-order chi connectivity index (χ0) is 10.3. The monoisotopic (exact) mass is 254 g/mol. The Morgan fingerprint density at radius 3 is 2.71 bits per heavy atom. The molecule has 0 unspecified atom stereocenters. The van der Waals surface area contributed by atoms with Gasteiger partial charge in [-0.3, -0.25) is 4.40 Å². The van der Waals surface area contributed by atoms with Gasteiger partial charge in [0.1, 0.15) is 0 Å². The van der Waals surface area contributed by atoms with Crippen molar-refractivity contribution in [3.8, 4) is 0 Å². The number of pyridine rings is 1. The first kappa shape index (κ1) is 9.61. The summed E-state index contributed by atoms with van der Waals surface area (Å²) in [5.74, 6) is 0.758. The van der Waals surface area contributed by atoms with Gasteiger partial charge in [0.25, 0.3) is 0 Å². The number of fused-ring (bicyclic) bond motifs is 1. The molecule has 0 radical (unpaired) electrons. The van der Waals surface area contributed by atoms with E-state index < -0.39 is 5.54 Å². The van der Waals surface area contributed by atoms with Crippen LogP contribution in [0.15, 0.2) is 22.8 Å². The summed E-state index contributed by atoms with van der Waals surface area (Å²) in [4.78, 5) is 0. The van der Waals surface area contributed by atoms with Crippen LogP contribution in [0.2, 0.25) is 0 Å². The molecule has 2 heterocycles. The molecule has 2 rings (SSSR count). The SMILES string of the molecule is CC(C)(N)c1nnc2ccc(Br)cn12. The van der Waals surface area contributed by atoms with Crippen LogP contribution in [-0.2, 0) is 5.54 Å². The fraction of sp³-hybridized carbons (Fsp3) is 0.333. The Hall–Kier alpha value is -0.940. The van der Waals surface area contributed by atoms with Crippen LogP contribution in [0.4, 0.5) is 0 Å². The van der Waals surface area contributed by atoms with Crippen LogP contribution in [0.1, 0.15) is 19.7 Å². The zero-order valence-corrected chi connectivity index (χ0v) is 9.62. The van der Waals surface area contributed by atoms with Gasteiger partial charge in [0, 0.05) is 10.7 Å². The van der Waals surface area contributed by atoms with E-state index >= 15 is 0 Å². The Morgan fingerprint density at radius 2 is 2.07 bits per heavy atom. The Balaban J connectivity index is 2.73. The largest absolute Gasteiger partial charge is 0.319 e. The van der Waals surface area contributed by atoms with Gasteiger partial charge in [-0.2, -0.15) is 0 Å². The zero-order valence-electron chi connectivity index (χ0n) is 8.03. The average molecular weight is 255 g/mol. The third-order valence-corrected chi connectivity index (χ3v) is 2.41. The molecule has 0 saturated carbocycles. The summed E-state index contributed by atoms with van der Waals surface area (Å²) in [5.41, 5.74) is 6.30. The van der Waals surface area contributed by atoms with Gasteiger partial charge >= 0.3 is 0 Å². The molecule has 5 heteroatoms. The molecule has 0 spiro atoms. The number of halogens is 1. The average Bonchev–Trinajstić information content (AvgIpc) is 2.45. The second kappa shape index (κ2) is 3.03. The van der Waals surface area contributed by atoms with Crippen LogP contribution in [0.25, 0.3) is 5.65 Å². The molecule has 0 atom stereocenters. The Labute approximate surface area is 90.3 Å². The number of hydrogen-bond acceptors (Lipinski definition) is 3. The minimum absolute atomic E-state index is 0.486. The minimum Gasteiger partial charge on any atom is -0.319 e. The Morgan fingerprint density at radius 1 is 1.36 bits per heavy atom. The minimum atomic E-state index is -0.486. The van der Waals surface area contributed by atoms with E-state index in [2.05, 4.69) is 26.1 Å². The van der Waals surface area contributed by atoms with Crippen LogP contribution >= 0.6 is 15.9 Å². The number of nitrogens with zero attached hydrogens (tertiary/aromatic N) is 3. The number of aromatic nitrogens is 3. The summed E-state index contributed by atoms with van der Waals surface area (Å²) in [6.45, 7) is 3.81. The van der Waals surface area contributed by atoms with Crippen molar-refractivity contribution in [3.05, 3.63) is 28.6 Å². The highest BCUT2D eigenvalue weighted by Gasteiger charge is 2.20. The van der Waals surface area contributed by atoms with Gasteiger partial charge in [0.2, 0.25) is 0 Å². The van der Waals surface area contributed by atoms with Crippen LogP contribution in [0, 0.1) is 0 Å². The fourth-order valence-corrected chi connectivity index (χ4v) is 1.64. The lowest BCUT2D eigenvalue weighted by molar-refractivity contribution is 0.508. The molecular weight excluding hydrogens is 244 g/mol. The summed E-state index contributed by atoms with van der Waals surface area (Å²) in [6, 6.07) is 3.82. The molecule has 0 aliphatic carbocycles. The van der Waals surface area contributed by atoms with Gasteiger partial charge < -0.3 is 5.73 Å². The van der Waals surface area contributed by atoms with E-state index in [1.165, 1.54) is 0 Å². The van der Waals surface area contributed by atoms with E-state index in [1.54, 1.807) is 0 Å². The number of rotatable bonds is 1. The smallest absolute Gasteiger partial charge is 0.160 e. The van der Waals surface area contributed by atoms with Crippen molar-refractivity contribution in [1.29, 1.82) is 0 Å². The predicted octanol–water partition coefficient (Wildman–Crippen LogP) is 1.69. The summed E-state index contributed by atoms with van der Waals surface area (Å²) in [7, 11) is 0. The first-order valence-electron chi connectivity index (χ1n) is 4.28. The van der Waals surface area contributed by atoms with Gasteiger partial charge in [0.05, 0.1) is 5.54 Å². The maximum Gasteiger partial charge on any atom is 0.160 e. The highest BCUT2D eigenvalue weighted by Crippen LogP contribution is 2.18. The van der Waals surface area contributed by atoms with Crippen molar-refractivity contribution >= 4 is 21.6 Å². The number of hydrogen-bond donors (Lipinski definition) is 1. The van der Waals surface area contributed by atoms with Crippen molar-refractivity contribution in [2.75, 3.05) is 0 Å². The molecule has 0 amide bonds. The molecule has 0 saturated heterocycles. The van der Waals surface area contributed by atoms with E-state index in [9.17, 15) is 0 Å². The molecule has 2 aromatic heterocycles. The highest BCUT2D eigenvalue weighted by atomic mass is 79.9. The Kier molecular flexibility index (Phi) is 2.08. The quantitative estimate of drug-likeness (QED) is 0.843. The van der Waals surface area contributed by atoms with Crippen LogP contribution in [0.5, 0.6) is 0 Å². The van der Waals surface area contributed by atoms with Crippen molar-refractivity contribution in [3.63, 3.8) is 0 Å². The third-order valence-electron chi connectivity index (χ3n) is 1.94. The highest BCUT2D eigenvalue weighted by molar-refractivity contribution is 9.10. The molecule has 14 heavy (non-hydrogen) atoms. The van der Waals surface area contributed by atoms with E-state index in [0.29, 0.717) is 0 Å². The lowest BCUT2D eigenvalue weighted by Gasteiger charge is -2.15. The molecule has 2 N–H and O–H groups in total. The molecule has 0 fully saturated rings. The molecular formula is C9H11BrN4. The standard InChI is InChI=1S/C9H11BrN4/c1-9(2,11)8-13-12-7-4-3-6(10)5-14(7)8/h3-5H,11H2,1-2H3. The van der Waals surface area contributed by atoms with Crippen LogP contribution in [0.3, 0.4) is 0 Å². The second-order valence-corrected chi connectivity index (χ2v) is 4.74. The topological polar surface area (TPSA) is 56.2 Å². The lowest BCUT2D eigenvalue weighted by Crippen LogP contribution is -2.31. The normalized spacial score (nSPS) is 12.3. The molecule has 2 aromatic rings. The second-order valence-electron chi connectivity index (χ2n) is 3.82. The van der Waals surface area contributed by atoms with Crippen molar-refractivity contribution in [1.82, 2.24) is 14.6 Å². The van der Waals surface area contributed by atoms with Crippen molar-refractivity contribution in [2.45, 2.75) is 19.4 Å². The maximum absolute atomic E-state index is 5.98. The van der Waals surface area contributed by atoms with Gasteiger partial charge in [-0.25, -0.2) is 0 Å². The molecule has 0 aliphatic rings. The van der Waals surface area contributed by atoms with Gasteiger partial charge in [-0.15, -0.1) is 10.2 Å². The van der Waals surface area contributed by atoms with Crippen molar-refractivity contribution in [2.24, 2.45) is 5.73 Å². The molecule has 0 bridgehead atoms. The van der Waals surface area contributed by atoms with Crippen molar-refractivity contribution < 1.29 is 0 Å². The first-order chi connectivity index (χ1) is 6.48. The molecule has 0 aliphatic heterocycles. The summed E-state index contributed by atoms with van der Waals surface area (Å²) in [5, 5.41) is 8.11. The summed E-state index contributed by atoms with van der Waals surface area (Å²) in [6.07, 6.45) is 1.92. The summed E-state index contributed by atoms with van der Waals surface area (Å²) >= 11 is 3.40. The van der Waals surface area contributed by atoms with Crippen LogP contribution in [-0.4, -0.2) is 14.6 Å². The lowest BCUT2D eigenvalue weighted by atomic mass is 10.1. The van der Waals surface area contributed by atoms with Gasteiger partial charge in [-0.1, -0.05) is 0 Å². The summed E-state index contributed by atoms with van der Waals surface area (Å²) < 4.78 is 2.87. The van der Waals surface area contributed by atoms with Gasteiger partial charge in [-0.05, 0) is 41.9 Å².